The normalized spacial score (nSPS) is 11.4. The molecule has 1 aromatic carbocycles. The molecule has 0 aliphatic carbocycles. The van der Waals surface area contributed by atoms with Crippen LogP contribution < -0.4 is 5.32 Å². The predicted octanol–water partition coefficient (Wildman–Crippen LogP) is 4.75. The Morgan fingerprint density at radius 1 is 1.25 bits per heavy atom. The molecule has 1 heterocycles. The average Bonchev–Trinajstić information content (AvgIpc) is 2.80. The van der Waals surface area contributed by atoms with Gasteiger partial charge in [0.15, 0.2) is 0 Å². The molecule has 0 saturated carbocycles. The van der Waals surface area contributed by atoms with Gasteiger partial charge in [0.25, 0.3) is 5.91 Å². The molecule has 2 aromatic rings. The fourth-order valence-electron chi connectivity index (χ4n) is 1.54. The van der Waals surface area contributed by atoms with Gasteiger partial charge in [0.05, 0.1) is 11.3 Å². The van der Waals surface area contributed by atoms with Crippen molar-refractivity contribution in [3.63, 3.8) is 0 Å². The van der Waals surface area contributed by atoms with Crippen LogP contribution >= 0.6 is 31.9 Å². The van der Waals surface area contributed by atoms with Crippen molar-refractivity contribution in [1.82, 2.24) is 5.16 Å². The van der Waals surface area contributed by atoms with Gasteiger partial charge in [0.2, 0.25) is 5.88 Å². The maximum absolute atomic E-state index is 12.2. The van der Waals surface area contributed by atoms with Gasteiger partial charge >= 0.3 is 0 Å². The second-order valence-electron chi connectivity index (χ2n) is 5.40. The molecule has 0 fully saturated rings. The summed E-state index contributed by atoms with van der Waals surface area (Å²) in [5.41, 5.74) is 1.19. The van der Waals surface area contributed by atoms with Crippen LogP contribution in [-0.4, -0.2) is 11.1 Å². The Hall–Kier alpha value is -1.14. The Morgan fingerprint density at radius 2 is 1.95 bits per heavy atom. The van der Waals surface area contributed by atoms with Crippen LogP contribution in [0.1, 0.15) is 36.8 Å². The van der Waals surface area contributed by atoms with Crippen molar-refractivity contribution in [3.05, 3.63) is 44.5 Å². The van der Waals surface area contributed by atoms with Gasteiger partial charge in [-0.25, -0.2) is 0 Å². The predicted molar refractivity (Wildman–Crippen MR) is 85.0 cm³/mol. The number of aromatic nitrogens is 1. The standard InChI is InChI=1S/C14H14Br2N2O2/c1-14(2,3)11-7-12(20-18-11)17-13(19)9-6-8(15)4-5-10(9)16/h4-7H,1-3H3,(H,17,19). The highest BCUT2D eigenvalue weighted by molar-refractivity contribution is 9.11. The summed E-state index contributed by atoms with van der Waals surface area (Å²) in [6.45, 7) is 6.09. The monoisotopic (exact) mass is 400 g/mol. The van der Waals surface area contributed by atoms with Gasteiger partial charge in [-0.05, 0) is 34.1 Å². The summed E-state index contributed by atoms with van der Waals surface area (Å²) in [6, 6.07) is 7.14. The lowest BCUT2D eigenvalue weighted by molar-refractivity contribution is 0.102. The highest BCUT2D eigenvalue weighted by Gasteiger charge is 2.20. The minimum absolute atomic E-state index is 0.122. The van der Waals surface area contributed by atoms with Crippen molar-refractivity contribution in [3.8, 4) is 0 Å². The summed E-state index contributed by atoms with van der Waals surface area (Å²) >= 11 is 6.70. The Morgan fingerprint density at radius 3 is 2.55 bits per heavy atom. The van der Waals surface area contributed by atoms with Gasteiger partial charge in [-0.1, -0.05) is 41.9 Å². The number of halogens is 2. The van der Waals surface area contributed by atoms with Gasteiger partial charge in [-0.3, -0.25) is 10.1 Å². The summed E-state index contributed by atoms with van der Waals surface area (Å²) < 4.78 is 6.69. The Labute approximate surface area is 134 Å². The van der Waals surface area contributed by atoms with E-state index in [4.69, 9.17) is 4.52 Å². The third-order valence-electron chi connectivity index (χ3n) is 2.69. The first-order chi connectivity index (χ1) is 9.27. The molecule has 0 saturated heterocycles. The molecule has 0 atom stereocenters. The van der Waals surface area contributed by atoms with E-state index in [1.165, 1.54) is 0 Å². The number of rotatable bonds is 2. The third-order valence-corrected chi connectivity index (χ3v) is 3.87. The second-order valence-corrected chi connectivity index (χ2v) is 7.17. The third kappa shape index (κ3) is 3.49. The number of nitrogens with zero attached hydrogens (tertiary/aromatic N) is 1. The zero-order valence-electron chi connectivity index (χ0n) is 11.3. The molecule has 0 spiro atoms. The molecular weight excluding hydrogens is 388 g/mol. The summed E-state index contributed by atoms with van der Waals surface area (Å²) in [5.74, 6) is 0.0848. The van der Waals surface area contributed by atoms with Crippen LogP contribution in [0.15, 0.2) is 37.7 Å². The van der Waals surface area contributed by atoms with Gasteiger partial charge in [-0.15, -0.1) is 0 Å². The highest BCUT2D eigenvalue weighted by atomic mass is 79.9. The van der Waals surface area contributed by atoms with Gasteiger partial charge < -0.3 is 4.52 Å². The zero-order chi connectivity index (χ0) is 14.9. The number of nitrogens with one attached hydrogen (secondary N) is 1. The molecule has 1 aromatic heterocycles. The first-order valence-corrected chi connectivity index (χ1v) is 7.59. The van der Waals surface area contributed by atoms with E-state index in [-0.39, 0.29) is 11.3 Å². The molecule has 1 N–H and O–H groups in total. The van der Waals surface area contributed by atoms with E-state index in [0.717, 1.165) is 10.2 Å². The maximum Gasteiger partial charge on any atom is 0.259 e. The first kappa shape index (κ1) is 15.3. The Kier molecular flexibility index (Phi) is 4.34. The van der Waals surface area contributed by atoms with Gasteiger partial charge in [0.1, 0.15) is 0 Å². The summed E-state index contributed by atoms with van der Waals surface area (Å²) in [6.07, 6.45) is 0. The number of anilines is 1. The highest BCUT2D eigenvalue weighted by Crippen LogP contribution is 2.25. The fourth-order valence-corrected chi connectivity index (χ4v) is 2.33. The van der Waals surface area contributed by atoms with Gasteiger partial charge in [-0.2, -0.15) is 0 Å². The number of carbonyl (C=O) groups is 1. The summed E-state index contributed by atoms with van der Waals surface area (Å²) in [4.78, 5) is 12.2. The van der Waals surface area contributed by atoms with Crippen LogP contribution in [0.5, 0.6) is 0 Å². The molecule has 0 bridgehead atoms. The van der Waals surface area contributed by atoms with Crippen LogP contribution in [-0.2, 0) is 5.41 Å². The summed E-state index contributed by atoms with van der Waals surface area (Å²) in [7, 11) is 0. The SMILES string of the molecule is CC(C)(C)c1cc(NC(=O)c2cc(Br)ccc2Br)on1. The number of carbonyl (C=O) groups excluding carboxylic acids is 1. The number of benzene rings is 1. The van der Waals surface area contributed by atoms with E-state index >= 15 is 0 Å². The molecule has 20 heavy (non-hydrogen) atoms. The van der Waals surface area contributed by atoms with Crippen molar-refractivity contribution in [2.75, 3.05) is 5.32 Å². The van der Waals surface area contributed by atoms with E-state index in [2.05, 4.69) is 42.3 Å². The topological polar surface area (TPSA) is 55.1 Å². The molecule has 106 valence electrons. The molecule has 0 aliphatic heterocycles. The zero-order valence-corrected chi connectivity index (χ0v) is 14.5. The lowest BCUT2D eigenvalue weighted by atomic mass is 9.92. The smallest absolute Gasteiger partial charge is 0.259 e. The van der Waals surface area contributed by atoms with Crippen molar-refractivity contribution >= 4 is 43.7 Å². The minimum Gasteiger partial charge on any atom is -0.338 e. The van der Waals surface area contributed by atoms with Crippen LogP contribution in [0.25, 0.3) is 0 Å². The quantitative estimate of drug-likeness (QED) is 0.789. The molecule has 6 heteroatoms. The number of hydrogen-bond donors (Lipinski definition) is 1. The van der Waals surface area contributed by atoms with E-state index < -0.39 is 0 Å². The lowest BCUT2D eigenvalue weighted by Gasteiger charge is -2.12. The van der Waals surface area contributed by atoms with E-state index in [9.17, 15) is 4.79 Å². The summed E-state index contributed by atoms with van der Waals surface area (Å²) in [5, 5.41) is 6.66. The van der Waals surface area contributed by atoms with Crippen LogP contribution in [0, 0.1) is 0 Å². The first-order valence-electron chi connectivity index (χ1n) is 6.01. The van der Waals surface area contributed by atoms with E-state index in [0.29, 0.717) is 15.9 Å². The molecular formula is C14H14Br2N2O2. The molecule has 0 unspecified atom stereocenters. The molecule has 1 amide bonds. The fraction of sp³-hybridized carbons (Fsp3) is 0.286. The van der Waals surface area contributed by atoms with E-state index in [1.54, 1.807) is 18.2 Å². The number of hydrogen-bond acceptors (Lipinski definition) is 3. The van der Waals surface area contributed by atoms with Crippen LogP contribution in [0.2, 0.25) is 0 Å². The molecule has 0 aliphatic rings. The second kappa shape index (κ2) is 5.69. The van der Waals surface area contributed by atoms with Crippen molar-refractivity contribution in [2.24, 2.45) is 0 Å². The largest absolute Gasteiger partial charge is 0.338 e. The minimum atomic E-state index is -0.255. The van der Waals surface area contributed by atoms with Crippen molar-refractivity contribution in [1.29, 1.82) is 0 Å². The Balaban J connectivity index is 2.20. The molecule has 0 radical (unpaired) electrons. The Bertz CT molecular complexity index is 645. The maximum atomic E-state index is 12.2. The lowest BCUT2D eigenvalue weighted by Crippen LogP contribution is -2.13. The number of amides is 1. The van der Waals surface area contributed by atoms with Crippen LogP contribution in [0.3, 0.4) is 0 Å². The van der Waals surface area contributed by atoms with Crippen LogP contribution in [0.4, 0.5) is 5.88 Å². The van der Waals surface area contributed by atoms with Gasteiger partial charge in [0, 0.05) is 20.4 Å². The molecule has 4 nitrogen and oxygen atoms in total. The van der Waals surface area contributed by atoms with E-state index in [1.807, 2.05) is 26.8 Å². The van der Waals surface area contributed by atoms with Crippen molar-refractivity contribution in [2.45, 2.75) is 26.2 Å². The molecule has 2 rings (SSSR count). The average molecular weight is 402 g/mol. The van der Waals surface area contributed by atoms with Crippen molar-refractivity contribution < 1.29 is 9.32 Å².